The van der Waals surface area contributed by atoms with Gasteiger partial charge in [0.15, 0.2) is 0 Å². The molecule has 2 aromatic carbocycles. The van der Waals surface area contributed by atoms with Gasteiger partial charge < -0.3 is 11.9 Å². The molecular formula is C16H19N2NaO2. The van der Waals surface area contributed by atoms with Crippen LogP contribution in [0.5, 0.6) is 5.75 Å². The fourth-order valence-corrected chi connectivity index (χ4v) is 1.87. The SMILES string of the molecule is NCCNC(C(=O)Oc1ccccc1)c1ccccc1.[H-].[Na+]. The minimum Gasteiger partial charge on any atom is -1.00 e. The number of rotatable bonds is 6. The molecular weight excluding hydrogens is 275 g/mol. The maximum Gasteiger partial charge on any atom is 1.00 e. The molecule has 0 spiro atoms. The molecule has 4 nitrogen and oxygen atoms in total. The van der Waals surface area contributed by atoms with E-state index in [2.05, 4.69) is 5.32 Å². The number of ether oxygens (including phenoxy) is 1. The maximum absolute atomic E-state index is 12.3. The summed E-state index contributed by atoms with van der Waals surface area (Å²) in [6.45, 7) is 1.01. The van der Waals surface area contributed by atoms with Crippen LogP contribution in [0.1, 0.15) is 13.0 Å². The Morgan fingerprint density at radius 3 is 2.24 bits per heavy atom. The van der Waals surface area contributed by atoms with E-state index in [1.165, 1.54) is 0 Å². The molecule has 1 atom stereocenters. The molecule has 0 fully saturated rings. The molecule has 5 heteroatoms. The second kappa shape index (κ2) is 9.71. The fourth-order valence-electron chi connectivity index (χ4n) is 1.87. The van der Waals surface area contributed by atoms with Crippen LogP contribution < -0.4 is 45.3 Å². The van der Waals surface area contributed by atoms with E-state index in [1.807, 2.05) is 48.5 Å². The summed E-state index contributed by atoms with van der Waals surface area (Å²) in [7, 11) is 0. The Bertz CT molecular complexity index is 540. The summed E-state index contributed by atoms with van der Waals surface area (Å²) in [5, 5.41) is 3.11. The van der Waals surface area contributed by atoms with Crippen LogP contribution in [-0.4, -0.2) is 19.1 Å². The smallest absolute Gasteiger partial charge is 1.00 e. The van der Waals surface area contributed by atoms with E-state index in [-0.39, 0.29) is 37.0 Å². The van der Waals surface area contributed by atoms with Crippen LogP contribution in [0.4, 0.5) is 0 Å². The molecule has 21 heavy (non-hydrogen) atoms. The zero-order valence-corrected chi connectivity index (χ0v) is 14.2. The van der Waals surface area contributed by atoms with Crippen molar-refractivity contribution in [2.45, 2.75) is 6.04 Å². The number of benzene rings is 2. The largest absolute Gasteiger partial charge is 1.00 e. The normalized spacial score (nSPS) is 11.3. The van der Waals surface area contributed by atoms with Crippen LogP contribution in [0.15, 0.2) is 60.7 Å². The first-order chi connectivity index (χ1) is 9.81. The van der Waals surface area contributed by atoms with E-state index in [1.54, 1.807) is 12.1 Å². The molecule has 1 unspecified atom stereocenters. The molecule has 0 bridgehead atoms. The number of nitrogens with two attached hydrogens (primary N) is 1. The molecule has 3 N–H and O–H groups in total. The van der Waals surface area contributed by atoms with Crippen molar-refractivity contribution >= 4 is 5.97 Å². The molecule has 0 aliphatic rings. The third kappa shape index (κ3) is 5.61. The zero-order valence-electron chi connectivity index (χ0n) is 13.2. The van der Waals surface area contributed by atoms with Crippen LogP contribution in [-0.2, 0) is 4.79 Å². The number of hydrogen-bond donors (Lipinski definition) is 2. The molecule has 0 saturated carbocycles. The van der Waals surface area contributed by atoms with E-state index < -0.39 is 6.04 Å². The van der Waals surface area contributed by atoms with Crippen molar-refractivity contribution in [3.63, 3.8) is 0 Å². The first-order valence-corrected chi connectivity index (χ1v) is 6.56. The van der Waals surface area contributed by atoms with Crippen LogP contribution in [0.3, 0.4) is 0 Å². The Kier molecular flexibility index (Phi) is 8.27. The minimum atomic E-state index is -0.514. The number of esters is 1. The first-order valence-electron chi connectivity index (χ1n) is 6.56. The van der Waals surface area contributed by atoms with Gasteiger partial charge in [-0.05, 0) is 17.7 Å². The van der Waals surface area contributed by atoms with E-state index in [9.17, 15) is 4.79 Å². The Hall–Kier alpha value is -1.17. The molecule has 0 amide bonds. The summed E-state index contributed by atoms with van der Waals surface area (Å²) in [6.07, 6.45) is 0. The molecule has 0 aliphatic heterocycles. The van der Waals surface area contributed by atoms with Crippen molar-refractivity contribution in [2.24, 2.45) is 5.73 Å². The first kappa shape index (κ1) is 17.9. The van der Waals surface area contributed by atoms with E-state index in [0.717, 1.165) is 5.56 Å². The number of nitrogens with one attached hydrogen (secondary N) is 1. The zero-order chi connectivity index (χ0) is 14.2. The van der Waals surface area contributed by atoms with Gasteiger partial charge in [-0.2, -0.15) is 0 Å². The summed E-state index contributed by atoms with van der Waals surface area (Å²) in [4.78, 5) is 12.3. The van der Waals surface area contributed by atoms with Gasteiger partial charge in [0, 0.05) is 13.1 Å². The molecule has 0 heterocycles. The fraction of sp³-hybridized carbons (Fsp3) is 0.188. The predicted molar refractivity (Wildman–Crippen MR) is 79.4 cm³/mol. The number of para-hydroxylation sites is 1. The number of carbonyl (C=O) groups excluding carboxylic acids is 1. The van der Waals surface area contributed by atoms with Crippen LogP contribution in [0.25, 0.3) is 0 Å². The van der Waals surface area contributed by atoms with Gasteiger partial charge in [-0.1, -0.05) is 48.5 Å². The van der Waals surface area contributed by atoms with Crippen LogP contribution in [0.2, 0.25) is 0 Å². The predicted octanol–water partition coefficient (Wildman–Crippen LogP) is -1.00. The summed E-state index contributed by atoms with van der Waals surface area (Å²) in [5.41, 5.74) is 6.36. The van der Waals surface area contributed by atoms with Crippen molar-refractivity contribution < 1.29 is 40.5 Å². The molecule has 0 aromatic heterocycles. The van der Waals surface area contributed by atoms with Crippen molar-refractivity contribution in [3.8, 4) is 5.75 Å². The average molecular weight is 294 g/mol. The van der Waals surface area contributed by atoms with Gasteiger partial charge in [0.1, 0.15) is 11.8 Å². The Balaban J connectivity index is 0.00000220. The van der Waals surface area contributed by atoms with Crippen molar-refractivity contribution in [2.75, 3.05) is 13.1 Å². The molecule has 2 rings (SSSR count). The van der Waals surface area contributed by atoms with Crippen LogP contribution >= 0.6 is 0 Å². The topological polar surface area (TPSA) is 64.3 Å². The summed E-state index contributed by atoms with van der Waals surface area (Å²) in [6, 6.07) is 18.0. The minimum absolute atomic E-state index is 0. The van der Waals surface area contributed by atoms with Crippen LogP contribution in [0, 0.1) is 0 Å². The maximum atomic E-state index is 12.3. The second-order valence-corrected chi connectivity index (χ2v) is 4.32. The van der Waals surface area contributed by atoms with Gasteiger partial charge in [0.2, 0.25) is 0 Å². The molecule has 0 saturated heterocycles. The van der Waals surface area contributed by atoms with Gasteiger partial charge in [0.25, 0.3) is 0 Å². The number of carbonyl (C=O) groups is 1. The van der Waals surface area contributed by atoms with Gasteiger partial charge >= 0.3 is 35.5 Å². The molecule has 106 valence electrons. The third-order valence-corrected chi connectivity index (χ3v) is 2.82. The molecule has 0 aliphatic carbocycles. The van der Waals surface area contributed by atoms with Gasteiger partial charge in [-0.15, -0.1) is 0 Å². The summed E-state index contributed by atoms with van der Waals surface area (Å²) < 4.78 is 5.39. The van der Waals surface area contributed by atoms with Crippen molar-refractivity contribution in [1.82, 2.24) is 5.32 Å². The Labute approximate surface area is 148 Å². The average Bonchev–Trinajstić information content (AvgIpc) is 2.50. The van der Waals surface area contributed by atoms with Gasteiger partial charge in [0.05, 0.1) is 0 Å². The van der Waals surface area contributed by atoms with E-state index in [0.29, 0.717) is 18.8 Å². The van der Waals surface area contributed by atoms with E-state index >= 15 is 0 Å². The van der Waals surface area contributed by atoms with Crippen molar-refractivity contribution in [3.05, 3.63) is 66.2 Å². The quantitative estimate of drug-likeness (QED) is 0.407. The van der Waals surface area contributed by atoms with Crippen molar-refractivity contribution in [1.29, 1.82) is 0 Å². The summed E-state index contributed by atoms with van der Waals surface area (Å²) >= 11 is 0. The monoisotopic (exact) mass is 294 g/mol. The van der Waals surface area contributed by atoms with Gasteiger partial charge in [-0.3, -0.25) is 5.32 Å². The molecule has 2 aromatic rings. The standard InChI is InChI=1S/C16H18N2O2.Na.H/c17-11-12-18-15(13-7-3-1-4-8-13)16(19)20-14-9-5-2-6-10-14;;/h1-10,15,18H,11-12,17H2;;/q;+1;-1. The third-order valence-electron chi connectivity index (χ3n) is 2.82. The number of hydrogen-bond acceptors (Lipinski definition) is 4. The Morgan fingerprint density at radius 1 is 1.10 bits per heavy atom. The second-order valence-electron chi connectivity index (χ2n) is 4.32. The summed E-state index contributed by atoms with van der Waals surface area (Å²) in [5.74, 6) is 0.198. The molecule has 0 radical (unpaired) electrons. The van der Waals surface area contributed by atoms with E-state index in [4.69, 9.17) is 10.5 Å². The Morgan fingerprint density at radius 2 is 1.67 bits per heavy atom. The van der Waals surface area contributed by atoms with Gasteiger partial charge in [-0.25, -0.2) is 4.79 Å².